The summed E-state index contributed by atoms with van der Waals surface area (Å²) in [6.07, 6.45) is 0. The van der Waals surface area contributed by atoms with Crippen LogP contribution in [-0.4, -0.2) is 19.5 Å². The first-order chi connectivity index (χ1) is 7.83. The Labute approximate surface area is 101 Å². The molecular formula is C14H11NSe. The van der Waals surface area contributed by atoms with Gasteiger partial charge in [-0.1, -0.05) is 0 Å². The summed E-state index contributed by atoms with van der Waals surface area (Å²) in [6, 6.07) is 17.0. The number of aromatic nitrogens is 1. The Hall–Kier alpha value is -1.37. The molecule has 0 spiro atoms. The predicted octanol–water partition coefficient (Wildman–Crippen LogP) is 3.27. The van der Waals surface area contributed by atoms with E-state index in [1.54, 1.807) is 0 Å². The van der Waals surface area contributed by atoms with Crippen molar-refractivity contribution in [2.75, 3.05) is 0 Å². The Balaban J connectivity index is 2.19. The molecule has 16 heavy (non-hydrogen) atoms. The van der Waals surface area contributed by atoms with Crippen molar-refractivity contribution in [1.29, 1.82) is 0 Å². The standard InChI is InChI=1S/C14H11NSe/c1-10-5-4-6-11(9-10)14-15-12-7-2-3-8-13(12)16-14/h2-9H,1H3. The van der Waals surface area contributed by atoms with E-state index in [9.17, 15) is 0 Å². The van der Waals surface area contributed by atoms with Crippen molar-refractivity contribution in [1.82, 2.24) is 4.98 Å². The van der Waals surface area contributed by atoms with Gasteiger partial charge in [-0.05, 0) is 0 Å². The van der Waals surface area contributed by atoms with Gasteiger partial charge in [0, 0.05) is 0 Å². The van der Waals surface area contributed by atoms with Crippen LogP contribution in [0.1, 0.15) is 5.56 Å². The first-order valence-corrected chi connectivity index (χ1v) is 6.97. The van der Waals surface area contributed by atoms with Gasteiger partial charge in [0.05, 0.1) is 0 Å². The van der Waals surface area contributed by atoms with Crippen molar-refractivity contribution >= 4 is 24.3 Å². The molecule has 0 radical (unpaired) electrons. The Morgan fingerprint density at radius 1 is 1.00 bits per heavy atom. The van der Waals surface area contributed by atoms with Crippen molar-refractivity contribution in [2.45, 2.75) is 6.92 Å². The zero-order valence-electron chi connectivity index (χ0n) is 8.97. The zero-order valence-corrected chi connectivity index (χ0v) is 10.7. The van der Waals surface area contributed by atoms with Crippen LogP contribution >= 0.6 is 0 Å². The van der Waals surface area contributed by atoms with E-state index in [0.717, 1.165) is 5.52 Å². The molecule has 3 rings (SSSR count). The summed E-state index contributed by atoms with van der Waals surface area (Å²) >= 11 is 0.365. The monoisotopic (exact) mass is 273 g/mol. The van der Waals surface area contributed by atoms with Gasteiger partial charge >= 0.3 is 100 Å². The Bertz CT molecular complexity index is 607. The van der Waals surface area contributed by atoms with Crippen molar-refractivity contribution < 1.29 is 0 Å². The molecule has 0 fully saturated rings. The van der Waals surface area contributed by atoms with E-state index in [1.807, 2.05) is 0 Å². The quantitative estimate of drug-likeness (QED) is 0.620. The first kappa shape index (κ1) is 9.83. The summed E-state index contributed by atoms with van der Waals surface area (Å²) in [5.74, 6) is 0. The molecule has 0 aliphatic carbocycles. The van der Waals surface area contributed by atoms with Gasteiger partial charge in [-0.2, -0.15) is 0 Å². The Morgan fingerprint density at radius 3 is 2.69 bits per heavy atom. The second-order valence-corrected chi connectivity index (χ2v) is 6.02. The van der Waals surface area contributed by atoms with E-state index in [1.165, 1.54) is 20.0 Å². The van der Waals surface area contributed by atoms with Gasteiger partial charge in [-0.3, -0.25) is 0 Å². The van der Waals surface area contributed by atoms with Gasteiger partial charge in [0.2, 0.25) is 0 Å². The van der Waals surface area contributed by atoms with Crippen molar-refractivity contribution in [3.05, 3.63) is 54.1 Å². The minimum absolute atomic E-state index is 0.365. The van der Waals surface area contributed by atoms with E-state index in [-0.39, 0.29) is 0 Å². The maximum absolute atomic E-state index is 4.71. The normalized spacial score (nSPS) is 10.8. The molecule has 0 unspecified atom stereocenters. The predicted molar refractivity (Wildman–Crippen MR) is 68.9 cm³/mol. The van der Waals surface area contributed by atoms with Crippen LogP contribution in [0.15, 0.2) is 48.5 Å². The van der Waals surface area contributed by atoms with E-state index < -0.39 is 0 Å². The molecule has 78 valence electrons. The third-order valence-corrected chi connectivity index (χ3v) is 4.84. The molecule has 0 amide bonds. The fourth-order valence-corrected chi connectivity index (χ4v) is 3.79. The van der Waals surface area contributed by atoms with Gasteiger partial charge in [-0.25, -0.2) is 0 Å². The van der Waals surface area contributed by atoms with Crippen molar-refractivity contribution in [3.8, 4) is 10.1 Å². The number of hydrogen-bond acceptors (Lipinski definition) is 1. The number of hydrogen-bond donors (Lipinski definition) is 0. The van der Waals surface area contributed by atoms with Gasteiger partial charge in [0.15, 0.2) is 0 Å². The average Bonchev–Trinajstić information content (AvgIpc) is 2.72. The number of rotatable bonds is 1. The van der Waals surface area contributed by atoms with Gasteiger partial charge < -0.3 is 0 Å². The van der Waals surface area contributed by atoms with Crippen molar-refractivity contribution in [3.63, 3.8) is 0 Å². The third-order valence-electron chi connectivity index (χ3n) is 2.56. The molecule has 1 nitrogen and oxygen atoms in total. The van der Waals surface area contributed by atoms with Crippen LogP contribution in [0.3, 0.4) is 0 Å². The van der Waals surface area contributed by atoms with Gasteiger partial charge in [0.25, 0.3) is 0 Å². The zero-order chi connectivity index (χ0) is 11.0. The molecule has 3 aromatic rings. The van der Waals surface area contributed by atoms with Crippen LogP contribution in [-0.2, 0) is 0 Å². The fraction of sp³-hybridized carbons (Fsp3) is 0.0714. The molecule has 0 saturated carbocycles. The van der Waals surface area contributed by atoms with E-state index in [2.05, 4.69) is 55.5 Å². The minimum atomic E-state index is 0.365. The summed E-state index contributed by atoms with van der Waals surface area (Å²) in [5, 5.41) is 0. The molecule has 1 aromatic heterocycles. The molecular weight excluding hydrogens is 261 g/mol. The topological polar surface area (TPSA) is 12.9 Å². The Kier molecular flexibility index (Phi) is 2.39. The van der Waals surface area contributed by atoms with Crippen LogP contribution in [0.2, 0.25) is 0 Å². The SMILES string of the molecule is Cc1cccc(-c2nc3ccccc3[se]2)c1. The number of para-hydroxylation sites is 1. The van der Waals surface area contributed by atoms with E-state index in [4.69, 9.17) is 4.98 Å². The Morgan fingerprint density at radius 2 is 1.88 bits per heavy atom. The molecule has 0 atom stereocenters. The summed E-state index contributed by atoms with van der Waals surface area (Å²) in [4.78, 5) is 4.71. The number of nitrogens with zero attached hydrogens (tertiary/aromatic N) is 1. The van der Waals surface area contributed by atoms with Gasteiger partial charge in [-0.15, -0.1) is 0 Å². The summed E-state index contributed by atoms with van der Waals surface area (Å²) < 4.78 is 2.64. The number of fused-ring (bicyclic) bond motifs is 1. The van der Waals surface area contributed by atoms with Gasteiger partial charge in [0.1, 0.15) is 0 Å². The van der Waals surface area contributed by atoms with Crippen LogP contribution in [0, 0.1) is 6.92 Å². The molecule has 0 aliphatic rings. The van der Waals surface area contributed by atoms with E-state index >= 15 is 0 Å². The van der Waals surface area contributed by atoms with Crippen molar-refractivity contribution in [2.24, 2.45) is 0 Å². The van der Waals surface area contributed by atoms with Crippen LogP contribution < -0.4 is 0 Å². The number of aryl methyl sites for hydroxylation is 1. The molecule has 2 aromatic carbocycles. The third kappa shape index (κ3) is 1.71. The molecule has 0 N–H and O–H groups in total. The summed E-state index contributed by atoms with van der Waals surface area (Å²) in [6.45, 7) is 2.12. The second-order valence-electron chi connectivity index (χ2n) is 3.86. The summed E-state index contributed by atoms with van der Waals surface area (Å²) in [7, 11) is 0. The van der Waals surface area contributed by atoms with Crippen LogP contribution in [0.5, 0.6) is 0 Å². The molecule has 1 heterocycles. The first-order valence-electron chi connectivity index (χ1n) is 5.25. The molecule has 0 aliphatic heterocycles. The molecule has 2 heteroatoms. The average molecular weight is 272 g/mol. The second kappa shape index (κ2) is 3.89. The van der Waals surface area contributed by atoms with E-state index in [0.29, 0.717) is 14.5 Å². The summed E-state index contributed by atoms with van der Waals surface area (Å²) in [5.41, 5.74) is 3.72. The number of benzene rings is 2. The molecule has 0 saturated heterocycles. The van der Waals surface area contributed by atoms with Crippen LogP contribution in [0.25, 0.3) is 19.9 Å². The maximum atomic E-state index is 4.71. The fourth-order valence-electron chi connectivity index (χ4n) is 1.77. The molecule has 0 bridgehead atoms. The van der Waals surface area contributed by atoms with Crippen LogP contribution in [0.4, 0.5) is 0 Å².